The van der Waals surface area contributed by atoms with E-state index in [-0.39, 0.29) is 5.41 Å². The van der Waals surface area contributed by atoms with Gasteiger partial charge in [-0.1, -0.05) is 62.4 Å². The van der Waals surface area contributed by atoms with Crippen molar-refractivity contribution in [2.24, 2.45) is 0 Å². The number of aromatic nitrogens is 1. The van der Waals surface area contributed by atoms with E-state index in [4.69, 9.17) is 4.98 Å². The van der Waals surface area contributed by atoms with E-state index in [2.05, 4.69) is 68.4 Å². The van der Waals surface area contributed by atoms with E-state index < -0.39 is 0 Å². The van der Waals surface area contributed by atoms with E-state index in [1.807, 2.05) is 18.3 Å². The molecular formula is C26H19NO. The van der Waals surface area contributed by atoms with E-state index in [9.17, 15) is 5.11 Å². The molecule has 0 amide bonds. The van der Waals surface area contributed by atoms with Crippen molar-refractivity contribution in [2.45, 2.75) is 19.3 Å². The Hall–Kier alpha value is -3.39. The Kier molecular flexibility index (Phi) is 2.85. The third kappa shape index (κ3) is 1.85. The van der Waals surface area contributed by atoms with Crippen molar-refractivity contribution in [3.05, 3.63) is 84.1 Å². The highest BCUT2D eigenvalue weighted by Crippen LogP contribution is 2.55. The van der Waals surface area contributed by atoms with Crippen molar-refractivity contribution >= 4 is 32.3 Å². The summed E-state index contributed by atoms with van der Waals surface area (Å²) in [6.45, 7) is 4.50. The molecule has 0 bridgehead atoms. The van der Waals surface area contributed by atoms with Gasteiger partial charge in [-0.15, -0.1) is 0 Å². The van der Waals surface area contributed by atoms with Gasteiger partial charge in [0.2, 0.25) is 0 Å². The maximum absolute atomic E-state index is 10.9. The molecule has 0 saturated heterocycles. The average molecular weight is 361 g/mol. The van der Waals surface area contributed by atoms with Gasteiger partial charge in [0, 0.05) is 22.6 Å². The zero-order chi connectivity index (χ0) is 19.0. The van der Waals surface area contributed by atoms with Gasteiger partial charge in [0.25, 0.3) is 0 Å². The molecule has 0 fully saturated rings. The second-order valence-electron chi connectivity index (χ2n) is 8.26. The Balaban J connectivity index is 1.80. The second kappa shape index (κ2) is 5.11. The molecule has 0 aliphatic heterocycles. The molecule has 0 spiro atoms. The lowest BCUT2D eigenvalue weighted by Crippen LogP contribution is -2.16. The van der Waals surface area contributed by atoms with E-state index >= 15 is 0 Å². The van der Waals surface area contributed by atoms with E-state index in [1.165, 1.54) is 32.7 Å². The molecule has 2 nitrogen and oxygen atoms in total. The molecule has 1 N–H and O–H groups in total. The first-order chi connectivity index (χ1) is 13.6. The lowest BCUT2D eigenvalue weighted by atomic mass is 9.78. The van der Waals surface area contributed by atoms with Crippen LogP contribution in [0.1, 0.15) is 25.0 Å². The SMILES string of the molecule is CC1(C)c2c(ncc3cc4ccccc4cc23)-c2c(O)cc3ccccc3c21. The lowest BCUT2D eigenvalue weighted by Gasteiger charge is -2.24. The number of phenolic OH excluding ortho intramolecular Hbond substituents is 1. The van der Waals surface area contributed by atoms with Crippen molar-refractivity contribution in [1.82, 2.24) is 4.98 Å². The van der Waals surface area contributed by atoms with Gasteiger partial charge < -0.3 is 5.11 Å². The minimum absolute atomic E-state index is 0.252. The molecule has 0 atom stereocenters. The van der Waals surface area contributed by atoms with Crippen molar-refractivity contribution in [3.63, 3.8) is 0 Å². The summed E-state index contributed by atoms with van der Waals surface area (Å²) in [5.74, 6) is 0.313. The zero-order valence-corrected chi connectivity index (χ0v) is 15.8. The van der Waals surface area contributed by atoms with Gasteiger partial charge >= 0.3 is 0 Å². The quantitative estimate of drug-likeness (QED) is 0.317. The van der Waals surface area contributed by atoms with Gasteiger partial charge in [-0.3, -0.25) is 4.98 Å². The monoisotopic (exact) mass is 361 g/mol. The number of benzene rings is 4. The molecule has 0 radical (unpaired) electrons. The molecular weight excluding hydrogens is 342 g/mol. The van der Waals surface area contributed by atoms with Crippen molar-refractivity contribution in [3.8, 4) is 17.0 Å². The predicted molar refractivity (Wildman–Crippen MR) is 116 cm³/mol. The fourth-order valence-corrected chi connectivity index (χ4v) is 5.08. The van der Waals surface area contributed by atoms with Crippen LogP contribution in [0.3, 0.4) is 0 Å². The Morgan fingerprint density at radius 3 is 2.18 bits per heavy atom. The Bertz CT molecular complexity index is 1450. The van der Waals surface area contributed by atoms with Crippen LogP contribution in [0.5, 0.6) is 5.75 Å². The van der Waals surface area contributed by atoms with Gasteiger partial charge in [0.15, 0.2) is 0 Å². The summed E-state index contributed by atoms with van der Waals surface area (Å²) in [5, 5.41) is 18.0. The number of hydrogen-bond acceptors (Lipinski definition) is 2. The standard InChI is InChI=1S/C26H19NO/c1-26(2)23-19-10-6-5-9-17(19)13-21(28)22(23)25-24(26)20-12-16-8-4-3-7-15(16)11-18(20)14-27-25/h3-14,28H,1-2H3. The summed E-state index contributed by atoms with van der Waals surface area (Å²) in [7, 11) is 0. The van der Waals surface area contributed by atoms with Gasteiger partial charge in [0.05, 0.1) is 5.69 Å². The lowest BCUT2D eigenvalue weighted by molar-refractivity contribution is 0.477. The highest BCUT2D eigenvalue weighted by Gasteiger charge is 2.41. The molecule has 1 aromatic heterocycles. The summed E-state index contributed by atoms with van der Waals surface area (Å²) >= 11 is 0. The van der Waals surface area contributed by atoms with Crippen LogP contribution in [-0.4, -0.2) is 10.1 Å². The van der Waals surface area contributed by atoms with Crippen molar-refractivity contribution in [1.29, 1.82) is 0 Å². The molecule has 5 aromatic rings. The predicted octanol–water partition coefficient (Wildman–Crippen LogP) is 6.55. The number of pyridine rings is 1. The summed E-state index contributed by atoms with van der Waals surface area (Å²) in [6, 6.07) is 23.1. The minimum atomic E-state index is -0.252. The maximum Gasteiger partial charge on any atom is 0.125 e. The Morgan fingerprint density at radius 2 is 1.39 bits per heavy atom. The van der Waals surface area contributed by atoms with E-state index in [0.717, 1.165) is 22.0 Å². The number of phenols is 1. The second-order valence-corrected chi connectivity index (χ2v) is 8.26. The molecule has 1 aliphatic rings. The topological polar surface area (TPSA) is 33.1 Å². The van der Waals surface area contributed by atoms with Gasteiger partial charge in [-0.25, -0.2) is 0 Å². The molecule has 1 heterocycles. The van der Waals surface area contributed by atoms with E-state index in [0.29, 0.717) is 5.75 Å². The van der Waals surface area contributed by atoms with Crippen LogP contribution >= 0.6 is 0 Å². The molecule has 0 saturated carbocycles. The first kappa shape index (κ1) is 15.6. The Labute approximate surface area is 163 Å². The minimum Gasteiger partial charge on any atom is -0.507 e. The van der Waals surface area contributed by atoms with Gasteiger partial charge in [-0.05, 0) is 56.3 Å². The Morgan fingerprint density at radius 1 is 0.714 bits per heavy atom. The van der Waals surface area contributed by atoms with Crippen LogP contribution in [0.2, 0.25) is 0 Å². The van der Waals surface area contributed by atoms with Crippen molar-refractivity contribution < 1.29 is 5.11 Å². The smallest absolute Gasteiger partial charge is 0.125 e. The van der Waals surface area contributed by atoms with Crippen LogP contribution in [-0.2, 0) is 5.41 Å². The molecule has 1 aliphatic carbocycles. The zero-order valence-electron chi connectivity index (χ0n) is 15.8. The van der Waals surface area contributed by atoms with Crippen molar-refractivity contribution in [2.75, 3.05) is 0 Å². The number of hydrogen-bond donors (Lipinski definition) is 1. The number of fused-ring (bicyclic) bond motifs is 8. The number of rotatable bonds is 0. The fraction of sp³-hybridized carbons (Fsp3) is 0.115. The summed E-state index contributed by atoms with van der Waals surface area (Å²) < 4.78 is 0. The summed E-state index contributed by atoms with van der Waals surface area (Å²) in [4.78, 5) is 4.84. The van der Waals surface area contributed by atoms with Gasteiger partial charge in [0.1, 0.15) is 5.75 Å². The number of aromatic hydroxyl groups is 1. The van der Waals surface area contributed by atoms with Crippen LogP contribution in [0.4, 0.5) is 0 Å². The van der Waals surface area contributed by atoms with Crippen LogP contribution in [0.15, 0.2) is 72.9 Å². The largest absolute Gasteiger partial charge is 0.507 e. The van der Waals surface area contributed by atoms with Crippen LogP contribution < -0.4 is 0 Å². The molecule has 4 aromatic carbocycles. The molecule has 134 valence electrons. The molecule has 2 heteroatoms. The molecule has 0 unspecified atom stereocenters. The van der Waals surface area contributed by atoms with Crippen LogP contribution in [0, 0.1) is 0 Å². The average Bonchev–Trinajstić information content (AvgIpc) is 2.95. The van der Waals surface area contributed by atoms with E-state index in [1.54, 1.807) is 0 Å². The first-order valence-electron chi connectivity index (χ1n) is 9.63. The fourth-order valence-electron chi connectivity index (χ4n) is 5.08. The number of nitrogens with zero attached hydrogens (tertiary/aromatic N) is 1. The first-order valence-corrected chi connectivity index (χ1v) is 9.63. The molecule has 6 rings (SSSR count). The summed E-state index contributed by atoms with van der Waals surface area (Å²) in [5.41, 5.74) is 3.92. The summed E-state index contributed by atoms with van der Waals surface area (Å²) in [6.07, 6.45) is 1.94. The normalized spacial score (nSPS) is 14.5. The third-order valence-corrected chi connectivity index (χ3v) is 6.27. The molecule has 28 heavy (non-hydrogen) atoms. The highest BCUT2D eigenvalue weighted by molar-refractivity contribution is 6.07. The van der Waals surface area contributed by atoms with Crippen LogP contribution in [0.25, 0.3) is 43.6 Å². The highest BCUT2D eigenvalue weighted by atomic mass is 16.3. The maximum atomic E-state index is 10.9. The third-order valence-electron chi connectivity index (χ3n) is 6.27. The van der Waals surface area contributed by atoms with Gasteiger partial charge in [-0.2, -0.15) is 0 Å².